The van der Waals surface area contributed by atoms with Gasteiger partial charge in [-0.2, -0.15) is 0 Å². The van der Waals surface area contributed by atoms with E-state index >= 15 is 0 Å². The summed E-state index contributed by atoms with van der Waals surface area (Å²) < 4.78 is 24.6. The molecule has 1 heterocycles. The van der Waals surface area contributed by atoms with Crippen molar-refractivity contribution in [3.63, 3.8) is 0 Å². The van der Waals surface area contributed by atoms with Gasteiger partial charge in [-0.25, -0.2) is 18.5 Å². The maximum absolute atomic E-state index is 11.3. The Bertz CT molecular complexity index is 1140. The molecule has 8 nitrogen and oxygen atoms in total. The second-order valence-electron chi connectivity index (χ2n) is 5.60. The highest BCUT2D eigenvalue weighted by molar-refractivity contribution is 7.89. The molecule has 3 aromatic rings. The van der Waals surface area contributed by atoms with Crippen LogP contribution in [0.3, 0.4) is 0 Å². The number of benzene rings is 2. The molecule has 0 amide bonds. The molecule has 0 aliphatic carbocycles. The minimum absolute atomic E-state index is 0.0302. The van der Waals surface area contributed by atoms with Crippen LogP contribution >= 0.6 is 11.3 Å². The summed E-state index contributed by atoms with van der Waals surface area (Å²) in [5.41, 5.74) is 2.39. The average Bonchev–Trinajstić information content (AvgIpc) is 3.04. The van der Waals surface area contributed by atoms with Crippen molar-refractivity contribution in [1.29, 1.82) is 0 Å². The summed E-state index contributed by atoms with van der Waals surface area (Å²) in [6.07, 6.45) is 0. The van der Waals surface area contributed by atoms with Crippen LogP contribution in [0.2, 0.25) is 0 Å². The Labute approximate surface area is 159 Å². The summed E-state index contributed by atoms with van der Waals surface area (Å²) in [6, 6.07) is 12.3. The van der Waals surface area contributed by atoms with Crippen LogP contribution in [-0.2, 0) is 16.6 Å². The summed E-state index contributed by atoms with van der Waals surface area (Å²) in [4.78, 5) is 15.7. The van der Waals surface area contributed by atoms with E-state index in [4.69, 9.17) is 5.14 Å². The molecule has 2 aromatic carbocycles. The first-order chi connectivity index (χ1) is 12.8. The van der Waals surface area contributed by atoms with Crippen molar-refractivity contribution in [2.45, 2.75) is 18.4 Å². The molecule has 0 fully saturated rings. The number of hydrogen-bond acceptors (Lipinski definition) is 6. The Morgan fingerprint density at radius 1 is 1.15 bits per heavy atom. The fourth-order valence-electron chi connectivity index (χ4n) is 2.53. The number of thiazole rings is 1. The average molecular weight is 404 g/mol. The molecule has 0 saturated heterocycles. The van der Waals surface area contributed by atoms with Gasteiger partial charge in [0.15, 0.2) is 4.80 Å². The van der Waals surface area contributed by atoms with Crippen LogP contribution in [0.15, 0.2) is 63.8 Å². The van der Waals surface area contributed by atoms with Crippen LogP contribution < -0.4 is 9.94 Å². The van der Waals surface area contributed by atoms with Gasteiger partial charge >= 0.3 is 0 Å². The highest BCUT2D eigenvalue weighted by Crippen LogP contribution is 2.23. The van der Waals surface area contributed by atoms with E-state index in [0.29, 0.717) is 12.2 Å². The van der Waals surface area contributed by atoms with Crippen molar-refractivity contribution in [3.8, 4) is 11.3 Å². The Morgan fingerprint density at radius 3 is 2.30 bits per heavy atom. The van der Waals surface area contributed by atoms with Crippen LogP contribution in [-0.4, -0.2) is 17.9 Å². The molecule has 0 bridgehead atoms. The summed E-state index contributed by atoms with van der Waals surface area (Å²) in [6.45, 7) is 2.63. The van der Waals surface area contributed by atoms with E-state index in [2.05, 4.69) is 4.99 Å². The predicted octanol–water partition coefficient (Wildman–Crippen LogP) is 3.02. The molecule has 10 heteroatoms. The van der Waals surface area contributed by atoms with Gasteiger partial charge in [0.05, 0.1) is 21.2 Å². The summed E-state index contributed by atoms with van der Waals surface area (Å²) in [5.74, 6) is 0. The van der Waals surface area contributed by atoms with E-state index < -0.39 is 14.9 Å². The van der Waals surface area contributed by atoms with Crippen LogP contribution in [0, 0.1) is 10.1 Å². The van der Waals surface area contributed by atoms with Crippen LogP contribution in [0.4, 0.5) is 11.4 Å². The second kappa shape index (κ2) is 7.43. The number of nitrogens with zero attached hydrogens (tertiary/aromatic N) is 3. The van der Waals surface area contributed by atoms with E-state index in [-0.39, 0.29) is 10.6 Å². The predicted molar refractivity (Wildman–Crippen MR) is 103 cm³/mol. The molecule has 3 rings (SSSR count). The first-order valence-electron chi connectivity index (χ1n) is 7.90. The lowest BCUT2D eigenvalue weighted by atomic mass is 10.1. The number of non-ortho nitro benzene ring substituents is 1. The Balaban J connectivity index is 2.00. The van der Waals surface area contributed by atoms with Gasteiger partial charge in [0.2, 0.25) is 10.0 Å². The largest absolute Gasteiger partial charge is 0.317 e. The first kappa shape index (κ1) is 19.0. The number of nitro benzene ring substituents is 1. The Kier molecular flexibility index (Phi) is 5.22. The zero-order chi connectivity index (χ0) is 19.6. The molecule has 0 atom stereocenters. The minimum Gasteiger partial charge on any atom is -0.317 e. The number of aromatic nitrogens is 1. The number of sulfonamides is 1. The van der Waals surface area contributed by atoms with Crippen LogP contribution in [0.5, 0.6) is 0 Å². The standard InChI is InChI=1S/C17H16N4O4S2/c1-2-20-16(12-3-7-14(8-4-12)21(22)23)11-26-17(20)19-13-5-9-15(10-6-13)27(18,24)25/h3-11H,2H2,1H3,(H2,18,24,25). The number of primary sulfonamides is 1. The fourth-order valence-corrected chi connectivity index (χ4v) is 4.04. The first-order valence-corrected chi connectivity index (χ1v) is 10.3. The number of nitro groups is 1. The molecule has 0 unspecified atom stereocenters. The van der Waals surface area contributed by atoms with E-state index in [1.54, 1.807) is 24.3 Å². The van der Waals surface area contributed by atoms with Crippen molar-refractivity contribution in [1.82, 2.24) is 4.57 Å². The smallest absolute Gasteiger partial charge is 0.269 e. The monoisotopic (exact) mass is 404 g/mol. The van der Waals surface area contributed by atoms with Crippen LogP contribution in [0.1, 0.15) is 6.92 Å². The van der Waals surface area contributed by atoms with E-state index in [1.807, 2.05) is 16.9 Å². The quantitative estimate of drug-likeness (QED) is 0.519. The van der Waals surface area contributed by atoms with Crippen molar-refractivity contribution >= 4 is 32.7 Å². The van der Waals surface area contributed by atoms with Crippen molar-refractivity contribution in [2.75, 3.05) is 0 Å². The Hall–Kier alpha value is -2.82. The minimum atomic E-state index is -3.74. The molecule has 0 radical (unpaired) electrons. The highest BCUT2D eigenvalue weighted by atomic mass is 32.2. The van der Waals surface area contributed by atoms with Crippen LogP contribution in [0.25, 0.3) is 11.3 Å². The van der Waals surface area contributed by atoms with Crippen molar-refractivity contribution in [3.05, 3.63) is 68.8 Å². The Morgan fingerprint density at radius 2 is 1.78 bits per heavy atom. The topological polar surface area (TPSA) is 121 Å². The van der Waals surface area contributed by atoms with Gasteiger partial charge in [-0.3, -0.25) is 10.1 Å². The molecule has 0 aliphatic rings. The van der Waals surface area contributed by atoms with E-state index in [1.165, 1.54) is 35.6 Å². The van der Waals surface area contributed by atoms with Gasteiger partial charge < -0.3 is 4.57 Å². The lowest BCUT2D eigenvalue weighted by Crippen LogP contribution is -2.14. The molecule has 1 aromatic heterocycles. The SMILES string of the molecule is CCn1c(-c2ccc([N+](=O)[O-])cc2)csc1=Nc1ccc(S(N)(=O)=O)cc1. The molecule has 140 valence electrons. The van der Waals surface area contributed by atoms with Gasteiger partial charge in [0, 0.05) is 24.1 Å². The number of rotatable bonds is 5. The molecule has 0 spiro atoms. The van der Waals surface area contributed by atoms with Crippen molar-refractivity contribution in [2.24, 2.45) is 10.1 Å². The normalized spacial score (nSPS) is 12.3. The zero-order valence-corrected chi connectivity index (χ0v) is 15.9. The molecule has 0 saturated carbocycles. The fraction of sp³-hybridized carbons (Fsp3) is 0.118. The third-order valence-corrected chi connectivity index (χ3v) is 5.67. The van der Waals surface area contributed by atoms with E-state index in [9.17, 15) is 18.5 Å². The molecular weight excluding hydrogens is 388 g/mol. The maximum Gasteiger partial charge on any atom is 0.269 e. The maximum atomic E-state index is 11.3. The molecule has 27 heavy (non-hydrogen) atoms. The number of hydrogen-bond donors (Lipinski definition) is 1. The van der Waals surface area contributed by atoms with Crippen molar-refractivity contribution < 1.29 is 13.3 Å². The molecular formula is C17H16N4O4S2. The van der Waals surface area contributed by atoms with Gasteiger partial charge in [-0.05, 0) is 48.9 Å². The lowest BCUT2D eigenvalue weighted by molar-refractivity contribution is -0.384. The zero-order valence-electron chi connectivity index (χ0n) is 14.3. The van der Waals surface area contributed by atoms with Gasteiger partial charge in [-0.15, -0.1) is 11.3 Å². The van der Waals surface area contributed by atoms with E-state index in [0.717, 1.165) is 16.1 Å². The molecule has 0 aliphatic heterocycles. The summed E-state index contributed by atoms with van der Waals surface area (Å²) >= 11 is 1.43. The van der Waals surface area contributed by atoms with Gasteiger partial charge in [0.1, 0.15) is 0 Å². The third-order valence-electron chi connectivity index (χ3n) is 3.88. The summed E-state index contributed by atoms with van der Waals surface area (Å²) in [7, 11) is -3.74. The third kappa shape index (κ3) is 4.13. The summed E-state index contributed by atoms with van der Waals surface area (Å²) in [5, 5.41) is 17.8. The second-order valence-corrected chi connectivity index (χ2v) is 8.00. The number of nitrogens with two attached hydrogens (primary N) is 1. The lowest BCUT2D eigenvalue weighted by Gasteiger charge is -2.06. The molecule has 2 N–H and O–H groups in total. The van der Waals surface area contributed by atoms with Gasteiger partial charge in [0.25, 0.3) is 5.69 Å². The highest BCUT2D eigenvalue weighted by Gasteiger charge is 2.10. The van der Waals surface area contributed by atoms with Gasteiger partial charge in [-0.1, -0.05) is 0 Å².